The van der Waals surface area contributed by atoms with E-state index in [1.807, 2.05) is 6.08 Å². The molecule has 0 rings (SSSR count). The Labute approximate surface area is 487 Å². The number of carbonyl (C=O) groups excluding carboxylic acids is 2. The van der Waals surface area contributed by atoms with Crippen LogP contribution in [0.1, 0.15) is 386 Å². The summed E-state index contributed by atoms with van der Waals surface area (Å²) in [5.74, 6) is -0.0667. The van der Waals surface area contributed by atoms with Gasteiger partial charge in [-0.2, -0.15) is 0 Å². The first-order valence-corrected chi connectivity index (χ1v) is 35.3. The maximum Gasteiger partial charge on any atom is 0.305 e. The summed E-state index contributed by atoms with van der Waals surface area (Å²) < 4.78 is 5.49. The van der Waals surface area contributed by atoms with E-state index >= 15 is 0 Å². The molecule has 0 aliphatic carbocycles. The van der Waals surface area contributed by atoms with Crippen LogP contribution in [0.15, 0.2) is 36.5 Å². The van der Waals surface area contributed by atoms with Gasteiger partial charge in [0, 0.05) is 12.8 Å². The maximum absolute atomic E-state index is 12.5. The van der Waals surface area contributed by atoms with Crippen molar-refractivity contribution in [3.63, 3.8) is 0 Å². The van der Waals surface area contributed by atoms with E-state index in [4.69, 9.17) is 4.74 Å². The molecule has 78 heavy (non-hydrogen) atoms. The minimum Gasteiger partial charge on any atom is -0.466 e. The second-order valence-corrected chi connectivity index (χ2v) is 24.2. The molecule has 0 aliphatic rings. The molecule has 6 heteroatoms. The Morgan fingerprint density at radius 1 is 0.359 bits per heavy atom. The van der Waals surface area contributed by atoms with E-state index in [0.29, 0.717) is 19.4 Å². The molecule has 0 bridgehead atoms. The van der Waals surface area contributed by atoms with Crippen molar-refractivity contribution in [1.82, 2.24) is 5.32 Å². The number of hydrogen-bond acceptors (Lipinski definition) is 5. The molecule has 1 amide bonds. The van der Waals surface area contributed by atoms with E-state index in [-0.39, 0.29) is 18.5 Å². The lowest BCUT2D eigenvalue weighted by Crippen LogP contribution is -2.45. The molecule has 3 N–H and O–H groups in total. The number of aliphatic hydroxyl groups is 2. The molecule has 460 valence electrons. The van der Waals surface area contributed by atoms with Crippen LogP contribution in [0.3, 0.4) is 0 Å². The molecule has 0 radical (unpaired) electrons. The summed E-state index contributed by atoms with van der Waals surface area (Å²) in [5.41, 5.74) is 0. The zero-order chi connectivity index (χ0) is 56.4. The van der Waals surface area contributed by atoms with Crippen molar-refractivity contribution in [3.8, 4) is 0 Å². The highest BCUT2D eigenvalue weighted by Gasteiger charge is 2.18. The molecule has 0 aromatic heterocycles. The van der Waals surface area contributed by atoms with Crippen LogP contribution < -0.4 is 5.32 Å². The first kappa shape index (κ1) is 76.1. The van der Waals surface area contributed by atoms with Crippen LogP contribution in [0, 0.1) is 0 Å². The third-order valence-corrected chi connectivity index (χ3v) is 16.4. The van der Waals surface area contributed by atoms with E-state index in [1.54, 1.807) is 6.08 Å². The molecule has 0 aromatic rings. The van der Waals surface area contributed by atoms with Gasteiger partial charge in [-0.15, -0.1) is 0 Å². The number of hydrogen-bond donors (Lipinski definition) is 3. The Hall–Kier alpha value is -1.92. The summed E-state index contributed by atoms with van der Waals surface area (Å²) in [6.45, 7) is 4.91. The Morgan fingerprint density at radius 2 is 0.641 bits per heavy atom. The van der Waals surface area contributed by atoms with Crippen LogP contribution in [0.2, 0.25) is 0 Å². The quantitative estimate of drug-likeness (QED) is 0.0320. The minimum atomic E-state index is -0.847. The summed E-state index contributed by atoms with van der Waals surface area (Å²) in [5, 5.41) is 23.3. The first-order chi connectivity index (χ1) is 38.5. The van der Waals surface area contributed by atoms with Gasteiger partial charge < -0.3 is 20.3 Å². The number of ether oxygens (including phenoxy) is 1. The highest BCUT2D eigenvalue weighted by molar-refractivity contribution is 5.76. The van der Waals surface area contributed by atoms with Gasteiger partial charge in [0.2, 0.25) is 5.91 Å². The van der Waals surface area contributed by atoms with Gasteiger partial charge in [-0.3, -0.25) is 9.59 Å². The molecule has 0 saturated heterocycles. The van der Waals surface area contributed by atoms with E-state index in [9.17, 15) is 19.8 Å². The van der Waals surface area contributed by atoms with Crippen LogP contribution in [0.4, 0.5) is 0 Å². The zero-order valence-electron chi connectivity index (χ0n) is 52.7. The fourth-order valence-electron chi connectivity index (χ4n) is 11.0. The number of rotatable bonds is 66. The monoisotopic (exact) mass is 1100 g/mol. The van der Waals surface area contributed by atoms with Crippen LogP contribution in [0.25, 0.3) is 0 Å². The average Bonchev–Trinajstić information content (AvgIpc) is 3.44. The number of carbonyl (C=O) groups is 2. The number of aliphatic hydroxyl groups excluding tert-OH is 2. The fourth-order valence-corrected chi connectivity index (χ4v) is 11.0. The summed E-state index contributed by atoms with van der Waals surface area (Å²) in [6.07, 6.45) is 86.4. The molecule has 0 spiro atoms. The SMILES string of the molecule is CCCCCC/C=C\C/C=C\CCCCCCCC(=O)OCCCCCCCCCCCCCCCCCCCCCCCC(=O)NC(CO)C(O)/C=C/CCCCCCCCCCCCCCCCCCCCCCCC. The van der Waals surface area contributed by atoms with Gasteiger partial charge in [0.1, 0.15) is 0 Å². The van der Waals surface area contributed by atoms with Crippen LogP contribution in [-0.2, 0) is 14.3 Å². The van der Waals surface area contributed by atoms with Crippen LogP contribution in [-0.4, -0.2) is 47.4 Å². The molecule has 2 atom stereocenters. The molecule has 2 unspecified atom stereocenters. The highest BCUT2D eigenvalue weighted by Crippen LogP contribution is 2.19. The van der Waals surface area contributed by atoms with Crippen molar-refractivity contribution in [2.24, 2.45) is 0 Å². The summed E-state index contributed by atoms with van der Waals surface area (Å²) in [4.78, 5) is 24.6. The molecular formula is C72H137NO5. The van der Waals surface area contributed by atoms with Gasteiger partial charge in [0.05, 0.1) is 25.4 Å². The highest BCUT2D eigenvalue weighted by atomic mass is 16.5. The molecule has 0 heterocycles. The number of amides is 1. The van der Waals surface area contributed by atoms with Gasteiger partial charge in [0.15, 0.2) is 0 Å². The Bertz CT molecular complexity index is 1260. The van der Waals surface area contributed by atoms with Gasteiger partial charge in [-0.1, -0.05) is 346 Å². The Morgan fingerprint density at radius 3 is 0.987 bits per heavy atom. The van der Waals surface area contributed by atoms with Crippen molar-refractivity contribution < 1.29 is 24.5 Å². The smallest absolute Gasteiger partial charge is 0.305 e. The topological polar surface area (TPSA) is 95.9 Å². The normalized spacial score (nSPS) is 12.7. The second-order valence-electron chi connectivity index (χ2n) is 24.2. The third-order valence-electron chi connectivity index (χ3n) is 16.4. The third kappa shape index (κ3) is 63.3. The van der Waals surface area contributed by atoms with Crippen LogP contribution in [0.5, 0.6) is 0 Å². The lowest BCUT2D eigenvalue weighted by molar-refractivity contribution is -0.143. The predicted octanol–water partition coefficient (Wildman–Crippen LogP) is 22.7. The number of esters is 1. The summed E-state index contributed by atoms with van der Waals surface area (Å²) in [7, 11) is 0. The largest absolute Gasteiger partial charge is 0.466 e. The minimum absolute atomic E-state index is 0.00142. The van der Waals surface area contributed by atoms with Gasteiger partial charge in [-0.25, -0.2) is 0 Å². The lowest BCUT2D eigenvalue weighted by Gasteiger charge is -2.20. The fraction of sp³-hybridized carbons (Fsp3) is 0.889. The summed E-state index contributed by atoms with van der Waals surface area (Å²) >= 11 is 0. The summed E-state index contributed by atoms with van der Waals surface area (Å²) in [6, 6.07) is -0.631. The van der Waals surface area contributed by atoms with Crippen molar-refractivity contribution in [3.05, 3.63) is 36.5 Å². The van der Waals surface area contributed by atoms with Gasteiger partial charge in [0.25, 0.3) is 0 Å². The predicted molar refractivity (Wildman–Crippen MR) is 343 cm³/mol. The number of unbranched alkanes of at least 4 members (excludes halogenated alkanes) is 51. The van der Waals surface area contributed by atoms with E-state index in [2.05, 4.69) is 43.5 Å². The molecule has 0 aliphatic heterocycles. The second kappa shape index (κ2) is 67.6. The van der Waals surface area contributed by atoms with E-state index in [0.717, 1.165) is 51.4 Å². The molecule has 6 nitrogen and oxygen atoms in total. The Balaban J connectivity index is 3.42. The van der Waals surface area contributed by atoms with E-state index in [1.165, 1.54) is 308 Å². The van der Waals surface area contributed by atoms with E-state index < -0.39 is 12.1 Å². The van der Waals surface area contributed by atoms with Gasteiger partial charge >= 0.3 is 5.97 Å². The molecule has 0 aromatic carbocycles. The number of nitrogens with one attached hydrogen (secondary N) is 1. The molecular weight excluding hydrogens is 959 g/mol. The average molecular weight is 1100 g/mol. The molecule has 0 fully saturated rings. The standard InChI is InChI=1S/C72H137NO5/c1-3-5-7-9-11-13-15-17-19-21-22-23-24-25-27-30-33-36-40-44-48-52-56-60-64-70(75)69(68-74)73-71(76)65-61-57-53-49-45-41-37-34-31-28-26-29-32-35-39-43-47-51-55-59-63-67-78-72(77)66-62-58-54-50-46-42-38-20-18-16-14-12-10-8-6-4-2/h14,16,20,38,60,64,69-70,74-75H,3-13,15,17-19,21-37,39-59,61-63,65-68H2,1-2H3,(H,73,76)/b16-14-,38-20-,64-60+. The maximum atomic E-state index is 12.5. The molecule has 0 saturated carbocycles. The number of allylic oxidation sites excluding steroid dienone is 5. The van der Waals surface area contributed by atoms with Crippen molar-refractivity contribution in [2.75, 3.05) is 13.2 Å². The Kier molecular flexibility index (Phi) is 65.9. The lowest BCUT2D eigenvalue weighted by atomic mass is 10.0. The van der Waals surface area contributed by atoms with Crippen molar-refractivity contribution in [1.29, 1.82) is 0 Å². The van der Waals surface area contributed by atoms with Crippen molar-refractivity contribution >= 4 is 11.9 Å². The van der Waals surface area contributed by atoms with Crippen molar-refractivity contribution in [2.45, 2.75) is 398 Å². The zero-order valence-corrected chi connectivity index (χ0v) is 52.7. The van der Waals surface area contributed by atoms with Gasteiger partial charge in [-0.05, 0) is 64.2 Å². The first-order valence-electron chi connectivity index (χ1n) is 35.3. The van der Waals surface area contributed by atoms with Crippen LogP contribution >= 0.6 is 0 Å².